The summed E-state index contributed by atoms with van der Waals surface area (Å²) in [6.45, 7) is 0. The quantitative estimate of drug-likeness (QED) is 0.366. The molecule has 1 rings (SSSR count). The van der Waals surface area contributed by atoms with Gasteiger partial charge < -0.3 is 0 Å². The normalized spacial score (nSPS) is 23.8. The van der Waals surface area contributed by atoms with Crippen LogP contribution in [0.2, 0.25) is 0 Å². The van der Waals surface area contributed by atoms with Crippen LogP contribution in [0.25, 0.3) is 0 Å². The Morgan fingerprint density at radius 1 is 1.38 bits per heavy atom. The van der Waals surface area contributed by atoms with E-state index in [2.05, 4.69) is 11.8 Å². The molecule has 0 atom stereocenters. The van der Waals surface area contributed by atoms with Crippen LogP contribution in [0.5, 0.6) is 0 Å². The molecule has 1 aliphatic carbocycles. The van der Waals surface area contributed by atoms with Crippen LogP contribution in [0, 0.1) is 11.8 Å². The molecule has 0 N–H and O–H groups in total. The second kappa shape index (κ2) is 2.17. The summed E-state index contributed by atoms with van der Waals surface area (Å²) in [5.74, 6) is 5.60. The average molecular weight is 149 g/mol. The highest BCUT2D eigenvalue weighted by atomic mass is 35.5. The molecule has 0 saturated carbocycles. The zero-order valence-electron chi connectivity index (χ0n) is 4.38. The highest BCUT2D eigenvalue weighted by Crippen LogP contribution is 2.28. The molecular formula is C6H6Cl2. The molecule has 0 aliphatic heterocycles. The highest BCUT2D eigenvalue weighted by Gasteiger charge is 2.21. The minimum absolute atomic E-state index is 0.738. The van der Waals surface area contributed by atoms with Crippen LogP contribution in [-0.4, -0.2) is 4.33 Å². The summed E-state index contributed by atoms with van der Waals surface area (Å²) in [7, 11) is 0. The van der Waals surface area contributed by atoms with Gasteiger partial charge in [0.25, 0.3) is 0 Å². The molecular weight excluding hydrogens is 143 g/mol. The highest BCUT2D eigenvalue weighted by molar-refractivity contribution is 6.50. The Bertz CT molecular complexity index is 138. The third kappa shape index (κ3) is 1.58. The summed E-state index contributed by atoms with van der Waals surface area (Å²) in [6.07, 6.45) is 2.78. The van der Waals surface area contributed by atoms with Gasteiger partial charge in [-0.3, -0.25) is 0 Å². The van der Waals surface area contributed by atoms with E-state index in [9.17, 15) is 0 Å². The van der Waals surface area contributed by atoms with Gasteiger partial charge in [-0.15, -0.1) is 5.92 Å². The van der Waals surface area contributed by atoms with E-state index in [1.54, 1.807) is 0 Å². The fourth-order valence-electron chi connectivity index (χ4n) is 0.653. The Hall–Kier alpha value is 0.140. The molecule has 0 fully saturated rings. The van der Waals surface area contributed by atoms with Crippen LogP contribution in [-0.2, 0) is 0 Å². The van der Waals surface area contributed by atoms with Gasteiger partial charge in [-0.25, -0.2) is 0 Å². The van der Waals surface area contributed by atoms with Gasteiger partial charge in [-0.05, 0) is 12.8 Å². The van der Waals surface area contributed by atoms with E-state index in [4.69, 9.17) is 23.2 Å². The monoisotopic (exact) mass is 148 g/mol. The van der Waals surface area contributed by atoms with E-state index in [-0.39, 0.29) is 0 Å². The summed E-state index contributed by atoms with van der Waals surface area (Å²) in [5, 5.41) is 0. The van der Waals surface area contributed by atoms with Crippen molar-refractivity contribution in [3.63, 3.8) is 0 Å². The van der Waals surface area contributed by atoms with Gasteiger partial charge in [-0.2, -0.15) is 0 Å². The van der Waals surface area contributed by atoms with Crippen molar-refractivity contribution in [2.45, 2.75) is 23.6 Å². The SMILES string of the molecule is ClC1(Cl)C#CCCC1. The van der Waals surface area contributed by atoms with Crippen LogP contribution in [0.3, 0.4) is 0 Å². The molecule has 0 spiro atoms. The lowest BCUT2D eigenvalue weighted by Gasteiger charge is -2.13. The molecule has 0 unspecified atom stereocenters. The van der Waals surface area contributed by atoms with Crippen molar-refractivity contribution in [2.75, 3.05) is 0 Å². The first-order chi connectivity index (χ1) is 3.71. The molecule has 0 heterocycles. The smallest absolute Gasteiger partial charge is 0.100 e. The van der Waals surface area contributed by atoms with Crippen LogP contribution < -0.4 is 0 Å². The topological polar surface area (TPSA) is 0 Å². The number of alkyl halides is 2. The fraction of sp³-hybridized carbons (Fsp3) is 0.667. The van der Waals surface area contributed by atoms with Crippen molar-refractivity contribution >= 4 is 23.2 Å². The molecule has 44 valence electrons. The molecule has 0 nitrogen and oxygen atoms in total. The second-order valence-electron chi connectivity index (χ2n) is 1.86. The van der Waals surface area contributed by atoms with E-state index in [1.807, 2.05) is 0 Å². The van der Waals surface area contributed by atoms with Gasteiger partial charge in [0.05, 0.1) is 0 Å². The predicted molar refractivity (Wildman–Crippen MR) is 36.1 cm³/mol. The molecule has 0 aromatic carbocycles. The summed E-state index contributed by atoms with van der Waals surface area (Å²) in [5.41, 5.74) is 0. The third-order valence-electron chi connectivity index (χ3n) is 1.06. The minimum Gasteiger partial charge on any atom is -0.100 e. The van der Waals surface area contributed by atoms with Gasteiger partial charge in [0.15, 0.2) is 4.33 Å². The Balaban J connectivity index is 2.65. The standard InChI is InChI=1S/C6H6Cl2/c7-6(8)4-2-1-3-5-6/h1-2,4H2. The van der Waals surface area contributed by atoms with Gasteiger partial charge >= 0.3 is 0 Å². The van der Waals surface area contributed by atoms with E-state index in [0.29, 0.717) is 0 Å². The van der Waals surface area contributed by atoms with Crippen molar-refractivity contribution in [2.24, 2.45) is 0 Å². The lowest BCUT2D eigenvalue weighted by Crippen LogP contribution is -2.11. The molecule has 0 aromatic rings. The molecule has 0 saturated heterocycles. The maximum atomic E-state index is 5.66. The molecule has 0 radical (unpaired) electrons. The van der Waals surface area contributed by atoms with Crippen molar-refractivity contribution in [3.05, 3.63) is 0 Å². The molecule has 0 bridgehead atoms. The van der Waals surface area contributed by atoms with Crippen LogP contribution in [0.4, 0.5) is 0 Å². The summed E-state index contributed by atoms with van der Waals surface area (Å²) >= 11 is 11.3. The Morgan fingerprint density at radius 2 is 2.12 bits per heavy atom. The summed E-state index contributed by atoms with van der Waals surface area (Å²) < 4.78 is -0.738. The van der Waals surface area contributed by atoms with E-state index >= 15 is 0 Å². The molecule has 0 amide bonds. The second-order valence-corrected chi connectivity index (χ2v) is 3.34. The Kier molecular flexibility index (Phi) is 1.70. The Labute approximate surface area is 59.2 Å². The lowest BCUT2D eigenvalue weighted by molar-refractivity contribution is 0.733. The third-order valence-corrected chi connectivity index (χ3v) is 1.63. The van der Waals surface area contributed by atoms with E-state index in [1.165, 1.54) is 0 Å². The number of halogens is 2. The van der Waals surface area contributed by atoms with Gasteiger partial charge in [0, 0.05) is 6.42 Å². The number of hydrogen-bond acceptors (Lipinski definition) is 0. The van der Waals surface area contributed by atoms with Crippen LogP contribution in [0.1, 0.15) is 19.3 Å². The zero-order chi connectivity index (χ0) is 6.04. The fourth-order valence-corrected chi connectivity index (χ4v) is 1.05. The van der Waals surface area contributed by atoms with Crippen molar-refractivity contribution in [1.82, 2.24) is 0 Å². The summed E-state index contributed by atoms with van der Waals surface area (Å²) in [4.78, 5) is 0. The molecule has 1 aliphatic rings. The predicted octanol–water partition coefficient (Wildman–Crippen LogP) is 2.35. The number of hydrogen-bond donors (Lipinski definition) is 0. The molecule has 8 heavy (non-hydrogen) atoms. The average Bonchev–Trinajstić information content (AvgIpc) is 1.65. The largest absolute Gasteiger partial charge is 0.177 e. The molecule has 0 aromatic heterocycles. The Morgan fingerprint density at radius 3 is 2.38 bits per heavy atom. The maximum Gasteiger partial charge on any atom is 0.177 e. The van der Waals surface area contributed by atoms with Crippen molar-refractivity contribution < 1.29 is 0 Å². The van der Waals surface area contributed by atoms with Crippen LogP contribution >= 0.6 is 23.2 Å². The van der Waals surface area contributed by atoms with E-state index < -0.39 is 4.33 Å². The van der Waals surface area contributed by atoms with Crippen molar-refractivity contribution in [3.8, 4) is 11.8 Å². The number of rotatable bonds is 0. The lowest BCUT2D eigenvalue weighted by atomic mass is 10.1. The minimum atomic E-state index is -0.738. The zero-order valence-corrected chi connectivity index (χ0v) is 5.89. The van der Waals surface area contributed by atoms with Gasteiger partial charge in [-0.1, -0.05) is 29.1 Å². The first kappa shape index (κ1) is 6.26. The van der Waals surface area contributed by atoms with Crippen LogP contribution in [0.15, 0.2) is 0 Å². The van der Waals surface area contributed by atoms with Crippen molar-refractivity contribution in [1.29, 1.82) is 0 Å². The van der Waals surface area contributed by atoms with Gasteiger partial charge in [0.2, 0.25) is 0 Å². The van der Waals surface area contributed by atoms with E-state index in [0.717, 1.165) is 19.3 Å². The van der Waals surface area contributed by atoms with Gasteiger partial charge in [0.1, 0.15) is 0 Å². The first-order valence-corrected chi connectivity index (χ1v) is 3.34. The molecule has 2 heteroatoms. The maximum absolute atomic E-state index is 5.66. The summed E-state index contributed by atoms with van der Waals surface area (Å²) in [6, 6.07) is 0. The first-order valence-electron chi connectivity index (χ1n) is 2.59.